The smallest absolute Gasteiger partial charge is 0.220 e. The summed E-state index contributed by atoms with van der Waals surface area (Å²) >= 11 is 0. The molecule has 1 amide bonds. The summed E-state index contributed by atoms with van der Waals surface area (Å²) < 4.78 is 0. The molecule has 3 nitrogen and oxygen atoms in total. The maximum Gasteiger partial charge on any atom is 0.220 e. The first-order chi connectivity index (χ1) is 8.75. The van der Waals surface area contributed by atoms with Crippen LogP contribution in [0.3, 0.4) is 0 Å². The SMILES string of the molecule is NC1CCCCCC1NC(=O)CCC1CCCC1. The van der Waals surface area contributed by atoms with Crippen LogP contribution >= 0.6 is 0 Å². The summed E-state index contributed by atoms with van der Waals surface area (Å²) in [4.78, 5) is 12.0. The third-order valence-electron chi connectivity index (χ3n) is 4.67. The number of nitrogens with two attached hydrogens (primary N) is 1. The van der Waals surface area contributed by atoms with Gasteiger partial charge in [0.25, 0.3) is 0 Å². The van der Waals surface area contributed by atoms with Crippen LogP contribution in [-0.4, -0.2) is 18.0 Å². The van der Waals surface area contributed by atoms with E-state index in [0.717, 1.165) is 25.2 Å². The molecule has 104 valence electrons. The van der Waals surface area contributed by atoms with Gasteiger partial charge in [-0.3, -0.25) is 4.79 Å². The molecule has 0 heterocycles. The topological polar surface area (TPSA) is 55.1 Å². The zero-order valence-corrected chi connectivity index (χ0v) is 11.5. The lowest BCUT2D eigenvalue weighted by Gasteiger charge is -2.23. The van der Waals surface area contributed by atoms with Gasteiger partial charge in [0.1, 0.15) is 0 Å². The molecule has 0 spiro atoms. The molecule has 0 bridgehead atoms. The van der Waals surface area contributed by atoms with Gasteiger partial charge in [-0.1, -0.05) is 44.9 Å². The Labute approximate surface area is 111 Å². The molecular weight excluding hydrogens is 224 g/mol. The van der Waals surface area contributed by atoms with Gasteiger partial charge in [-0.05, 0) is 25.2 Å². The van der Waals surface area contributed by atoms with Crippen LogP contribution in [0.25, 0.3) is 0 Å². The van der Waals surface area contributed by atoms with Crippen LogP contribution in [0.2, 0.25) is 0 Å². The third-order valence-corrected chi connectivity index (χ3v) is 4.67. The first-order valence-electron chi connectivity index (χ1n) is 7.80. The number of hydrogen-bond acceptors (Lipinski definition) is 2. The van der Waals surface area contributed by atoms with E-state index in [-0.39, 0.29) is 18.0 Å². The van der Waals surface area contributed by atoms with E-state index in [1.807, 2.05) is 0 Å². The van der Waals surface area contributed by atoms with Crippen molar-refractivity contribution in [3.63, 3.8) is 0 Å². The van der Waals surface area contributed by atoms with Crippen LogP contribution in [0.1, 0.15) is 70.6 Å². The summed E-state index contributed by atoms with van der Waals surface area (Å²) in [5.74, 6) is 1.03. The Kier molecular flexibility index (Phi) is 5.48. The molecule has 2 aliphatic rings. The van der Waals surface area contributed by atoms with E-state index in [4.69, 9.17) is 5.73 Å². The van der Waals surface area contributed by atoms with Gasteiger partial charge in [0, 0.05) is 18.5 Å². The van der Waals surface area contributed by atoms with Crippen LogP contribution in [0, 0.1) is 5.92 Å². The zero-order chi connectivity index (χ0) is 12.8. The van der Waals surface area contributed by atoms with Crippen molar-refractivity contribution in [3.05, 3.63) is 0 Å². The van der Waals surface area contributed by atoms with Gasteiger partial charge in [-0.15, -0.1) is 0 Å². The second-order valence-corrected chi connectivity index (χ2v) is 6.17. The van der Waals surface area contributed by atoms with Crippen molar-refractivity contribution in [2.24, 2.45) is 11.7 Å². The highest BCUT2D eigenvalue weighted by Crippen LogP contribution is 2.28. The number of rotatable bonds is 4. The van der Waals surface area contributed by atoms with Gasteiger partial charge >= 0.3 is 0 Å². The highest BCUT2D eigenvalue weighted by molar-refractivity contribution is 5.76. The summed E-state index contributed by atoms with van der Waals surface area (Å²) in [6.45, 7) is 0. The lowest BCUT2D eigenvalue weighted by molar-refractivity contribution is -0.122. The molecule has 2 aliphatic carbocycles. The molecule has 2 atom stereocenters. The van der Waals surface area contributed by atoms with Gasteiger partial charge in [-0.2, -0.15) is 0 Å². The van der Waals surface area contributed by atoms with E-state index in [9.17, 15) is 4.79 Å². The summed E-state index contributed by atoms with van der Waals surface area (Å²) in [6, 6.07) is 0.395. The van der Waals surface area contributed by atoms with E-state index in [1.165, 1.54) is 44.9 Å². The Bertz CT molecular complexity index is 261. The number of hydrogen-bond donors (Lipinski definition) is 2. The Morgan fingerprint density at radius 3 is 2.44 bits per heavy atom. The number of carbonyl (C=O) groups is 1. The molecule has 0 aromatic rings. The maximum atomic E-state index is 12.0. The molecule has 2 unspecified atom stereocenters. The second kappa shape index (κ2) is 7.13. The quantitative estimate of drug-likeness (QED) is 0.756. The van der Waals surface area contributed by atoms with Crippen LogP contribution in [0.15, 0.2) is 0 Å². The molecule has 2 fully saturated rings. The van der Waals surface area contributed by atoms with Crippen LogP contribution in [0.5, 0.6) is 0 Å². The van der Waals surface area contributed by atoms with Crippen molar-refractivity contribution in [2.45, 2.75) is 82.7 Å². The predicted octanol–water partition coefficient (Wildman–Crippen LogP) is 2.73. The molecule has 0 aliphatic heterocycles. The Morgan fingerprint density at radius 2 is 1.67 bits per heavy atom. The van der Waals surface area contributed by atoms with Crippen molar-refractivity contribution >= 4 is 5.91 Å². The molecule has 2 saturated carbocycles. The first-order valence-corrected chi connectivity index (χ1v) is 7.80. The Hall–Kier alpha value is -0.570. The number of nitrogens with one attached hydrogen (secondary N) is 1. The zero-order valence-electron chi connectivity index (χ0n) is 11.5. The van der Waals surface area contributed by atoms with Gasteiger partial charge in [0.2, 0.25) is 5.91 Å². The summed E-state index contributed by atoms with van der Waals surface area (Å²) in [5, 5.41) is 3.17. The fourth-order valence-corrected chi connectivity index (χ4v) is 3.43. The molecular formula is C15H28N2O. The predicted molar refractivity (Wildman–Crippen MR) is 74.2 cm³/mol. The largest absolute Gasteiger partial charge is 0.352 e. The van der Waals surface area contributed by atoms with Crippen LogP contribution in [0.4, 0.5) is 0 Å². The van der Waals surface area contributed by atoms with Gasteiger partial charge in [0.15, 0.2) is 0 Å². The Morgan fingerprint density at radius 1 is 1.00 bits per heavy atom. The van der Waals surface area contributed by atoms with Crippen molar-refractivity contribution < 1.29 is 4.79 Å². The Balaban J connectivity index is 1.68. The van der Waals surface area contributed by atoms with E-state index in [2.05, 4.69) is 5.32 Å². The minimum Gasteiger partial charge on any atom is -0.352 e. The highest BCUT2D eigenvalue weighted by Gasteiger charge is 2.22. The molecule has 3 heteroatoms. The van der Waals surface area contributed by atoms with Crippen molar-refractivity contribution in [3.8, 4) is 0 Å². The fraction of sp³-hybridized carbons (Fsp3) is 0.933. The second-order valence-electron chi connectivity index (χ2n) is 6.17. The van der Waals surface area contributed by atoms with E-state index < -0.39 is 0 Å². The average molecular weight is 252 g/mol. The summed E-state index contributed by atoms with van der Waals surface area (Å²) in [5.41, 5.74) is 6.13. The standard InChI is InChI=1S/C15H28N2O/c16-13-8-2-1-3-9-14(13)17-15(18)11-10-12-6-4-5-7-12/h12-14H,1-11,16H2,(H,17,18). The summed E-state index contributed by atoms with van der Waals surface area (Å²) in [6.07, 6.45) is 13.0. The molecule has 0 aromatic carbocycles. The average Bonchev–Trinajstić information content (AvgIpc) is 2.80. The van der Waals surface area contributed by atoms with Crippen LogP contribution in [-0.2, 0) is 4.79 Å². The van der Waals surface area contributed by atoms with Gasteiger partial charge in [0.05, 0.1) is 0 Å². The van der Waals surface area contributed by atoms with Gasteiger partial charge < -0.3 is 11.1 Å². The molecule has 0 aromatic heterocycles. The number of amides is 1. The maximum absolute atomic E-state index is 12.0. The van der Waals surface area contributed by atoms with E-state index >= 15 is 0 Å². The molecule has 3 N–H and O–H groups in total. The first kappa shape index (κ1) is 13.9. The van der Waals surface area contributed by atoms with E-state index in [1.54, 1.807) is 0 Å². The van der Waals surface area contributed by atoms with Gasteiger partial charge in [-0.25, -0.2) is 0 Å². The molecule has 2 rings (SSSR count). The van der Waals surface area contributed by atoms with Crippen molar-refractivity contribution in [1.82, 2.24) is 5.32 Å². The molecule has 18 heavy (non-hydrogen) atoms. The molecule has 0 radical (unpaired) electrons. The van der Waals surface area contributed by atoms with Crippen molar-refractivity contribution in [1.29, 1.82) is 0 Å². The normalized spacial score (nSPS) is 30.1. The fourth-order valence-electron chi connectivity index (χ4n) is 3.43. The highest BCUT2D eigenvalue weighted by atomic mass is 16.1. The van der Waals surface area contributed by atoms with E-state index in [0.29, 0.717) is 6.42 Å². The van der Waals surface area contributed by atoms with Crippen LogP contribution < -0.4 is 11.1 Å². The third kappa shape index (κ3) is 4.27. The lowest BCUT2D eigenvalue weighted by atomic mass is 10.0. The lowest BCUT2D eigenvalue weighted by Crippen LogP contribution is -2.46. The minimum atomic E-state index is 0.169. The monoisotopic (exact) mass is 252 g/mol. The molecule has 0 saturated heterocycles. The number of carbonyl (C=O) groups excluding carboxylic acids is 1. The van der Waals surface area contributed by atoms with Crippen molar-refractivity contribution in [2.75, 3.05) is 0 Å². The minimum absolute atomic E-state index is 0.169. The summed E-state index contributed by atoms with van der Waals surface area (Å²) in [7, 11) is 0.